The van der Waals surface area contributed by atoms with Crippen molar-refractivity contribution < 1.29 is 4.79 Å². The number of hydrogen-bond donors (Lipinski definition) is 0. The van der Waals surface area contributed by atoms with Crippen molar-refractivity contribution in [2.75, 3.05) is 11.4 Å². The van der Waals surface area contributed by atoms with Gasteiger partial charge in [-0.3, -0.25) is 14.8 Å². The van der Waals surface area contributed by atoms with E-state index >= 15 is 0 Å². The summed E-state index contributed by atoms with van der Waals surface area (Å²) in [5, 5.41) is 1.90. The maximum atomic E-state index is 12.3. The molecule has 1 amide bonds. The Morgan fingerprint density at radius 1 is 1.18 bits per heavy atom. The molecule has 1 aliphatic rings. The minimum absolute atomic E-state index is 0.0242. The Balaban J connectivity index is 2.01. The van der Waals surface area contributed by atoms with Gasteiger partial charge >= 0.3 is 0 Å². The first-order valence-corrected chi connectivity index (χ1v) is 7.17. The number of carbonyl (C=O) groups excluding carboxylic acids is 1. The molecule has 3 aromatic rings. The normalized spacial score (nSPS) is 18.0. The van der Waals surface area contributed by atoms with Crippen molar-refractivity contribution >= 4 is 33.4 Å². The van der Waals surface area contributed by atoms with Gasteiger partial charge in [0.05, 0.1) is 16.7 Å². The van der Waals surface area contributed by atoms with Crippen LogP contribution < -0.4 is 4.90 Å². The molecule has 1 unspecified atom stereocenters. The van der Waals surface area contributed by atoms with E-state index in [1.165, 1.54) is 0 Å². The number of hydrogen-bond acceptors (Lipinski definition) is 3. The van der Waals surface area contributed by atoms with Crippen LogP contribution in [0.25, 0.3) is 21.8 Å². The van der Waals surface area contributed by atoms with E-state index in [0.717, 1.165) is 27.5 Å². The fourth-order valence-electron chi connectivity index (χ4n) is 3.03. The SMILES string of the molecule is C#CC1CC(=O)N(c2cc3cccnc3c3ncccc23)C1. The largest absolute Gasteiger partial charge is 0.310 e. The van der Waals surface area contributed by atoms with Gasteiger partial charge in [0.2, 0.25) is 5.91 Å². The van der Waals surface area contributed by atoms with Crippen molar-refractivity contribution in [2.24, 2.45) is 5.92 Å². The number of carbonyl (C=O) groups is 1. The van der Waals surface area contributed by atoms with Crippen LogP contribution in [0.15, 0.2) is 42.7 Å². The quantitative estimate of drug-likeness (QED) is 0.511. The molecule has 106 valence electrons. The van der Waals surface area contributed by atoms with Crippen molar-refractivity contribution in [1.82, 2.24) is 9.97 Å². The first-order chi connectivity index (χ1) is 10.8. The van der Waals surface area contributed by atoms with Gasteiger partial charge in [0.1, 0.15) is 0 Å². The third kappa shape index (κ3) is 1.83. The van der Waals surface area contributed by atoms with Gasteiger partial charge in [0, 0.05) is 42.0 Å². The summed E-state index contributed by atoms with van der Waals surface area (Å²) in [6, 6.07) is 9.72. The van der Waals surface area contributed by atoms with Crippen molar-refractivity contribution in [1.29, 1.82) is 0 Å². The molecule has 0 spiro atoms. The Hall–Kier alpha value is -2.93. The van der Waals surface area contributed by atoms with E-state index in [1.807, 2.05) is 30.3 Å². The zero-order valence-corrected chi connectivity index (χ0v) is 11.9. The van der Waals surface area contributed by atoms with Crippen LogP contribution in [0.2, 0.25) is 0 Å². The maximum Gasteiger partial charge on any atom is 0.228 e. The topological polar surface area (TPSA) is 46.1 Å². The van der Waals surface area contributed by atoms with Gasteiger partial charge in [-0.2, -0.15) is 0 Å². The number of benzene rings is 1. The highest BCUT2D eigenvalue weighted by molar-refractivity contribution is 6.13. The van der Waals surface area contributed by atoms with Crippen LogP contribution in [-0.4, -0.2) is 22.4 Å². The molecule has 3 heterocycles. The molecule has 1 aliphatic heterocycles. The monoisotopic (exact) mass is 287 g/mol. The molecule has 1 saturated heterocycles. The molecule has 4 nitrogen and oxygen atoms in total. The molecular formula is C18H13N3O. The average molecular weight is 287 g/mol. The van der Waals surface area contributed by atoms with Gasteiger partial charge in [-0.1, -0.05) is 6.07 Å². The third-order valence-corrected chi connectivity index (χ3v) is 4.09. The van der Waals surface area contributed by atoms with Crippen LogP contribution >= 0.6 is 0 Å². The van der Waals surface area contributed by atoms with Crippen LogP contribution in [0.4, 0.5) is 5.69 Å². The van der Waals surface area contributed by atoms with E-state index in [-0.39, 0.29) is 11.8 Å². The smallest absolute Gasteiger partial charge is 0.228 e. The highest BCUT2D eigenvalue weighted by Gasteiger charge is 2.30. The van der Waals surface area contributed by atoms with Gasteiger partial charge in [-0.25, -0.2) is 0 Å². The number of anilines is 1. The van der Waals surface area contributed by atoms with Crippen LogP contribution in [-0.2, 0) is 4.79 Å². The summed E-state index contributed by atoms with van der Waals surface area (Å²) in [7, 11) is 0. The number of fused-ring (bicyclic) bond motifs is 3. The Labute approximate surface area is 127 Å². The summed E-state index contributed by atoms with van der Waals surface area (Å²) >= 11 is 0. The maximum absolute atomic E-state index is 12.3. The van der Waals surface area contributed by atoms with Crippen LogP contribution in [0.1, 0.15) is 6.42 Å². The van der Waals surface area contributed by atoms with E-state index < -0.39 is 0 Å². The zero-order valence-electron chi connectivity index (χ0n) is 11.9. The lowest BCUT2D eigenvalue weighted by atomic mass is 10.1. The van der Waals surface area contributed by atoms with Gasteiger partial charge in [-0.15, -0.1) is 12.3 Å². The van der Waals surface area contributed by atoms with E-state index in [4.69, 9.17) is 6.42 Å². The van der Waals surface area contributed by atoms with Gasteiger partial charge in [-0.05, 0) is 24.3 Å². The van der Waals surface area contributed by atoms with Gasteiger partial charge < -0.3 is 4.90 Å². The summed E-state index contributed by atoms with van der Waals surface area (Å²) in [5.74, 6) is 2.73. The molecule has 0 saturated carbocycles. The van der Waals surface area contributed by atoms with Gasteiger partial charge in [0.25, 0.3) is 0 Å². The number of terminal acetylenes is 1. The first kappa shape index (κ1) is 12.8. The van der Waals surface area contributed by atoms with E-state index in [1.54, 1.807) is 17.3 Å². The van der Waals surface area contributed by atoms with E-state index in [9.17, 15) is 4.79 Å². The second-order valence-corrected chi connectivity index (χ2v) is 5.44. The Morgan fingerprint density at radius 2 is 1.95 bits per heavy atom. The highest BCUT2D eigenvalue weighted by Crippen LogP contribution is 2.34. The summed E-state index contributed by atoms with van der Waals surface area (Å²) in [6.45, 7) is 0.561. The number of amides is 1. The van der Waals surface area contributed by atoms with Crippen LogP contribution in [0.5, 0.6) is 0 Å². The Kier molecular flexibility index (Phi) is 2.80. The Bertz CT molecular complexity index is 942. The molecule has 1 aromatic carbocycles. The van der Waals surface area contributed by atoms with Crippen molar-refractivity contribution in [3.05, 3.63) is 42.7 Å². The second kappa shape index (κ2) is 4.81. The molecular weight excluding hydrogens is 274 g/mol. The summed E-state index contributed by atoms with van der Waals surface area (Å²) in [5.41, 5.74) is 2.53. The minimum atomic E-state index is -0.0242. The average Bonchev–Trinajstić information content (AvgIpc) is 2.95. The predicted octanol–water partition coefficient (Wildman–Crippen LogP) is 2.77. The van der Waals surface area contributed by atoms with Crippen molar-refractivity contribution in [3.63, 3.8) is 0 Å². The lowest BCUT2D eigenvalue weighted by Gasteiger charge is -2.19. The van der Waals surface area contributed by atoms with Crippen molar-refractivity contribution in [2.45, 2.75) is 6.42 Å². The number of rotatable bonds is 1. The Morgan fingerprint density at radius 3 is 2.73 bits per heavy atom. The summed E-state index contributed by atoms with van der Waals surface area (Å²) in [4.78, 5) is 23.0. The van der Waals surface area contributed by atoms with Crippen LogP contribution in [0, 0.1) is 18.3 Å². The van der Waals surface area contributed by atoms with Gasteiger partial charge in [0.15, 0.2) is 0 Å². The molecule has 4 heteroatoms. The predicted molar refractivity (Wildman–Crippen MR) is 86.3 cm³/mol. The fraction of sp³-hybridized carbons (Fsp3) is 0.167. The zero-order chi connectivity index (χ0) is 15.1. The first-order valence-electron chi connectivity index (χ1n) is 7.17. The molecule has 0 N–H and O–H groups in total. The third-order valence-electron chi connectivity index (χ3n) is 4.09. The molecule has 4 rings (SSSR count). The molecule has 1 atom stereocenters. The van der Waals surface area contributed by atoms with E-state index in [2.05, 4.69) is 15.9 Å². The molecule has 0 radical (unpaired) electrons. The summed E-state index contributed by atoms with van der Waals surface area (Å²) < 4.78 is 0. The number of nitrogens with zero attached hydrogens (tertiary/aromatic N) is 3. The molecule has 0 bridgehead atoms. The molecule has 0 aliphatic carbocycles. The summed E-state index contributed by atoms with van der Waals surface area (Å²) in [6.07, 6.45) is 9.40. The number of pyridine rings is 2. The number of aromatic nitrogens is 2. The van der Waals surface area contributed by atoms with Crippen LogP contribution in [0.3, 0.4) is 0 Å². The van der Waals surface area contributed by atoms with E-state index in [0.29, 0.717) is 13.0 Å². The fourth-order valence-corrected chi connectivity index (χ4v) is 3.03. The lowest BCUT2D eigenvalue weighted by Crippen LogP contribution is -2.24. The molecule has 2 aromatic heterocycles. The minimum Gasteiger partial charge on any atom is -0.310 e. The standard InChI is InChI=1S/C18H13N3O/c1-2-12-9-16(22)21(11-12)15-10-13-5-3-7-19-17(13)18-14(15)6-4-8-20-18/h1,3-8,10,12H,9,11H2. The highest BCUT2D eigenvalue weighted by atomic mass is 16.2. The van der Waals surface area contributed by atoms with Crippen molar-refractivity contribution in [3.8, 4) is 12.3 Å². The lowest BCUT2D eigenvalue weighted by molar-refractivity contribution is -0.117. The molecule has 22 heavy (non-hydrogen) atoms. The second-order valence-electron chi connectivity index (χ2n) is 5.44. The molecule has 1 fully saturated rings.